The van der Waals surface area contributed by atoms with E-state index in [0.29, 0.717) is 28.2 Å². The average molecular weight is 342 g/mol. The number of halogens is 3. The zero-order valence-corrected chi connectivity index (χ0v) is 11.8. The van der Waals surface area contributed by atoms with Gasteiger partial charge in [-0.15, -0.1) is 0 Å². The minimum Gasteiger partial charge on any atom is -0.434 e. The van der Waals surface area contributed by atoms with Crippen LogP contribution in [-0.2, 0) is 0 Å². The summed E-state index contributed by atoms with van der Waals surface area (Å²) in [6.45, 7) is 0. The van der Waals surface area contributed by atoms with Crippen molar-refractivity contribution in [3.05, 3.63) is 45.6 Å². The van der Waals surface area contributed by atoms with Gasteiger partial charge in [-0.05, 0) is 34.1 Å². The number of aromatic nitrogens is 1. The molecular formula is C13H7BrClFN2O. The molecule has 6 heteroatoms. The molecule has 19 heavy (non-hydrogen) atoms. The molecule has 0 aliphatic carbocycles. The predicted molar refractivity (Wildman–Crippen MR) is 76.5 cm³/mol. The molecule has 0 aliphatic rings. The predicted octanol–water partition coefficient (Wildman–Crippen LogP) is 4.63. The lowest BCUT2D eigenvalue weighted by atomic mass is 10.2. The van der Waals surface area contributed by atoms with Crippen molar-refractivity contribution < 1.29 is 8.81 Å². The summed E-state index contributed by atoms with van der Waals surface area (Å²) < 4.78 is 19.6. The highest BCUT2D eigenvalue weighted by Crippen LogP contribution is 2.35. The van der Waals surface area contributed by atoms with Gasteiger partial charge in [0.1, 0.15) is 11.3 Å². The third-order valence-electron chi connectivity index (χ3n) is 2.69. The van der Waals surface area contributed by atoms with Crippen molar-refractivity contribution in [3.8, 4) is 11.5 Å². The molecule has 2 aromatic carbocycles. The Morgan fingerprint density at radius 1 is 1.32 bits per heavy atom. The van der Waals surface area contributed by atoms with Gasteiger partial charge < -0.3 is 10.2 Å². The van der Waals surface area contributed by atoms with Crippen LogP contribution in [0.25, 0.3) is 22.6 Å². The van der Waals surface area contributed by atoms with Gasteiger partial charge in [0.25, 0.3) is 0 Å². The minimum atomic E-state index is -0.459. The largest absolute Gasteiger partial charge is 0.434 e. The van der Waals surface area contributed by atoms with Crippen molar-refractivity contribution in [2.45, 2.75) is 0 Å². The number of hydrogen-bond donors (Lipinski definition) is 1. The molecule has 2 N–H and O–H groups in total. The monoisotopic (exact) mass is 340 g/mol. The van der Waals surface area contributed by atoms with Crippen LogP contribution in [0.4, 0.5) is 10.1 Å². The number of rotatable bonds is 1. The topological polar surface area (TPSA) is 52.0 Å². The second kappa shape index (κ2) is 4.51. The van der Waals surface area contributed by atoms with E-state index in [4.69, 9.17) is 21.8 Å². The molecule has 0 bridgehead atoms. The summed E-state index contributed by atoms with van der Waals surface area (Å²) in [4.78, 5) is 4.21. The molecule has 0 fully saturated rings. The molecule has 1 aromatic heterocycles. The first-order chi connectivity index (χ1) is 9.06. The molecule has 0 radical (unpaired) electrons. The number of nitrogens with zero attached hydrogens (tertiary/aromatic N) is 1. The number of hydrogen-bond acceptors (Lipinski definition) is 3. The highest BCUT2D eigenvalue weighted by Gasteiger charge is 2.15. The van der Waals surface area contributed by atoms with Gasteiger partial charge in [0.15, 0.2) is 5.58 Å². The molecule has 0 atom stereocenters. The fraction of sp³-hybridized carbons (Fsp3) is 0. The summed E-state index contributed by atoms with van der Waals surface area (Å²) >= 11 is 9.25. The second-order valence-electron chi connectivity index (χ2n) is 3.96. The molecule has 0 saturated carbocycles. The van der Waals surface area contributed by atoms with Gasteiger partial charge in [0.2, 0.25) is 5.89 Å². The molecule has 0 unspecified atom stereocenters. The zero-order chi connectivity index (χ0) is 13.6. The molecule has 3 rings (SSSR count). The van der Waals surface area contributed by atoms with Crippen molar-refractivity contribution in [2.24, 2.45) is 0 Å². The van der Waals surface area contributed by atoms with E-state index in [-0.39, 0.29) is 5.02 Å². The normalized spacial score (nSPS) is 11.1. The van der Waals surface area contributed by atoms with Crippen LogP contribution in [0.15, 0.2) is 39.2 Å². The number of oxazole rings is 1. The van der Waals surface area contributed by atoms with E-state index in [1.54, 1.807) is 6.07 Å². The Labute approximate surface area is 121 Å². The Balaban J connectivity index is 2.26. The van der Waals surface area contributed by atoms with Gasteiger partial charge in [0.05, 0.1) is 16.3 Å². The molecular weight excluding hydrogens is 335 g/mol. The summed E-state index contributed by atoms with van der Waals surface area (Å²) in [5.41, 5.74) is 7.79. The third kappa shape index (κ3) is 2.09. The fourth-order valence-electron chi connectivity index (χ4n) is 1.80. The highest BCUT2D eigenvalue weighted by molar-refractivity contribution is 9.10. The van der Waals surface area contributed by atoms with Crippen LogP contribution in [-0.4, -0.2) is 4.98 Å². The van der Waals surface area contributed by atoms with Crippen LogP contribution in [0, 0.1) is 5.82 Å². The van der Waals surface area contributed by atoms with Crippen LogP contribution < -0.4 is 5.73 Å². The Morgan fingerprint density at radius 3 is 2.89 bits per heavy atom. The van der Waals surface area contributed by atoms with Gasteiger partial charge in [-0.25, -0.2) is 9.37 Å². The number of fused-ring (bicyclic) bond motifs is 1. The molecule has 3 nitrogen and oxygen atoms in total. The fourth-order valence-corrected chi connectivity index (χ4v) is 2.40. The van der Waals surface area contributed by atoms with Gasteiger partial charge >= 0.3 is 0 Å². The number of nitrogens with two attached hydrogens (primary N) is 1. The highest BCUT2D eigenvalue weighted by atomic mass is 79.9. The van der Waals surface area contributed by atoms with Gasteiger partial charge in [0, 0.05) is 10.5 Å². The first-order valence-electron chi connectivity index (χ1n) is 5.36. The van der Waals surface area contributed by atoms with Gasteiger partial charge in [-0.2, -0.15) is 0 Å². The molecule has 0 aliphatic heterocycles. The molecule has 0 saturated heterocycles. The molecule has 3 aromatic rings. The lowest BCUT2D eigenvalue weighted by Gasteiger charge is -2.02. The number of anilines is 1. The Kier molecular flexibility index (Phi) is 2.95. The Bertz CT molecular complexity index is 788. The third-order valence-corrected chi connectivity index (χ3v) is 3.67. The van der Waals surface area contributed by atoms with E-state index in [1.165, 1.54) is 12.1 Å². The van der Waals surface area contributed by atoms with Gasteiger partial charge in [-0.3, -0.25) is 0 Å². The maximum atomic E-state index is 13.3. The zero-order valence-electron chi connectivity index (χ0n) is 9.45. The van der Waals surface area contributed by atoms with Crippen LogP contribution in [0.1, 0.15) is 0 Å². The molecule has 1 heterocycles. The molecule has 0 amide bonds. The van der Waals surface area contributed by atoms with Crippen molar-refractivity contribution in [1.29, 1.82) is 0 Å². The van der Waals surface area contributed by atoms with E-state index >= 15 is 0 Å². The van der Waals surface area contributed by atoms with Crippen LogP contribution in [0.2, 0.25) is 5.02 Å². The summed E-state index contributed by atoms with van der Waals surface area (Å²) in [6.07, 6.45) is 0. The quantitative estimate of drug-likeness (QED) is 0.656. The first-order valence-corrected chi connectivity index (χ1v) is 6.53. The maximum absolute atomic E-state index is 13.3. The molecule has 96 valence electrons. The van der Waals surface area contributed by atoms with Crippen LogP contribution in [0.5, 0.6) is 0 Å². The van der Waals surface area contributed by atoms with E-state index in [9.17, 15) is 4.39 Å². The first kappa shape index (κ1) is 12.4. The number of nitrogen functional groups attached to an aromatic ring is 1. The smallest absolute Gasteiger partial charge is 0.229 e. The summed E-state index contributed by atoms with van der Waals surface area (Å²) in [5.74, 6) is -0.152. The van der Waals surface area contributed by atoms with Crippen molar-refractivity contribution in [1.82, 2.24) is 4.98 Å². The summed E-state index contributed by atoms with van der Waals surface area (Å²) in [5, 5.41) is 0.183. The van der Waals surface area contributed by atoms with Crippen molar-refractivity contribution in [3.63, 3.8) is 0 Å². The number of benzene rings is 2. The van der Waals surface area contributed by atoms with E-state index in [0.717, 1.165) is 4.47 Å². The van der Waals surface area contributed by atoms with E-state index < -0.39 is 5.82 Å². The maximum Gasteiger partial charge on any atom is 0.229 e. The van der Waals surface area contributed by atoms with E-state index in [1.807, 2.05) is 12.1 Å². The Hall–Kier alpha value is -1.59. The van der Waals surface area contributed by atoms with Crippen molar-refractivity contribution >= 4 is 44.3 Å². The standard InChI is InChI=1S/C13H7BrClFN2O/c14-8-3-1-2-7(11(8)17)13-18-10-5-6(16)4-9(15)12(10)19-13/h1-5H,17H2. The SMILES string of the molecule is Nc1c(Br)cccc1-c1nc2cc(F)cc(Cl)c2o1. The van der Waals surface area contributed by atoms with E-state index in [2.05, 4.69) is 20.9 Å². The minimum absolute atomic E-state index is 0.183. The van der Waals surface area contributed by atoms with Crippen LogP contribution in [0.3, 0.4) is 0 Å². The summed E-state index contributed by atoms with van der Waals surface area (Å²) in [6, 6.07) is 7.85. The van der Waals surface area contributed by atoms with Crippen LogP contribution >= 0.6 is 27.5 Å². The second-order valence-corrected chi connectivity index (χ2v) is 5.22. The Morgan fingerprint density at radius 2 is 2.11 bits per heavy atom. The molecule has 0 spiro atoms. The average Bonchev–Trinajstić information content (AvgIpc) is 2.76. The van der Waals surface area contributed by atoms with Crippen molar-refractivity contribution in [2.75, 3.05) is 5.73 Å². The van der Waals surface area contributed by atoms with Gasteiger partial charge in [-0.1, -0.05) is 17.7 Å². The lowest BCUT2D eigenvalue weighted by Crippen LogP contribution is -1.91. The lowest BCUT2D eigenvalue weighted by molar-refractivity contribution is 0.614. The number of para-hydroxylation sites is 1. The summed E-state index contributed by atoms with van der Waals surface area (Å²) in [7, 11) is 0.